The Balaban J connectivity index is 1.77. The average Bonchev–Trinajstić information content (AvgIpc) is 3.11. The summed E-state index contributed by atoms with van der Waals surface area (Å²) in [5.74, 6) is 1.14. The monoisotopic (exact) mass is 404 g/mol. The van der Waals surface area contributed by atoms with E-state index in [9.17, 15) is 9.59 Å². The van der Waals surface area contributed by atoms with Crippen LogP contribution in [0.15, 0.2) is 10.6 Å². The minimum Gasteiger partial charge on any atom is -0.361 e. The van der Waals surface area contributed by atoms with E-state index in [1.807, 2.05) is 0 Å². The van der Waals surface area contributed by atoms with Gasteiger partial charge >= 0.3 is 0 Å². The first-order valence-electron chi connectivity index (χ1n) is 11.1. The second-order valence-electron chi connectivity index (χ2n) is 9.12. The number of hydrogen-bond donors (Lipinski definition) is 1. The normalized spacial score (nSPS) is 21.8. The van der Waals surface area contributed by atoms with Gasteiger partial charge in [-0.25, -0.2) is 0 Å². The molecule has 1 saturated heterocycles. The van der Waals surface area contributed by atoms with Gasteiger partial charge in [0, 0.05) is 50.7 Å². The van der Waals surface area contributed by atoms with Gasteiger partial charge in [0.15, 0.2) is 5.69 Å². The lowest BCUT2D eigenvalue weighted by Gasteiger charge is -2.47. The van der Waals surface area contributed by atoms with Crippen molar-refractivity contribution >= 4 is 11.8 Å². The molecule has 1 aromatic rings. The molecular weight excluding hydrogens is 368 g/mol. The number of carbonyl (C=O) groups excluding carboxylic acids is 2. The first-order valence-corrected chi connectivity index (χ1v) is 11.1. The van der Waals surface area contributed by atoms with Crippen LogP contribution in [0.3, 0.4) is 0 Å². The average molecular weight is 405 g/mol. The Kier molecular flexibility index (Phi) is 7.33. The minimum atomic E-state index is -0.127. The zero-order chi connectivity index (χ0) is 20.9. The van der Waals surface area contributed by atoms with Crippen molar-refractivity contribution in [2.24, 2.45) is 5.92 Å². The first-order chi connectivity index (χ1) is 13.9. The van der Waals surface area contributed by atoms with Gasteiger partial charge < -0.3 is 14.7 Å². The van der Waals surface area contributed by atoms with Gasteiger partial charge in [-0.2, -0.15) is 0 Å². The molecule has 1 spiro atoms. The van der Waals surface area contributed by atoms with Crippen LogP contribution in [-0.4, -0.2) is 65.0 Å². The molecule has 2 amide bonds. The van der Waals surface area contributed by atoms with E-state index in [2.05, 4.69) is 29.2 Å². The Hall–Kier alpha value is -1.89. The Morgan fingerprint density at radius 2 is 1.97 bits per heavy atom. The van der Waals surface area contributed by atoms with Gasteiger partial charge in [0.1, 0.15) is 5.76 Å². The van der Waals surface area contributed by atoms with Crippen LogP contribution in [0.25, 0.3) is 0 Å². The molecule has 162 valence electrons. The summed E-state index contributed by atoms with van der Waals surface area (Å²) < 4.78 is 5.07. The van der Waals surface area contributed by atoms with E-state index in [0.29, 0.717) is 43.4 Å². The van der Waals surface area contributed by atoms with Crippen LogP contribution in [-0.2, 0) is 4.79 Å². The quantitative estimate of drug-likeness (QED) is 0.838. The summed E-state index contributed by atoms with van der Waals surface area (Å²) in [4.78, 5) is 30.0. The molecule has 2 aliphatic rings. The summed E-state index contributed by atoms with van der Waals surface area (Å²) in [6, 6.07) is 1.67. The number of hydrogen-bond acceptors (Lipinski definition) is 5. The Morgan fingerprint density at radius 3 is 2.62 bits per heavy atom. The molecule has 0 unspecified atom stereocenters. The molecule has 1 aliphatic carbocycles. The number of amides is 2. The molecule has 0 radical (unpaired) electrons. The van der Waals surface area contributed by atoms with E-state index in [0.717, 1.165) is 32.4 Å². The number of nitrogens with one attached hydrogen (secondary N) is 1. The molecule has 1 saturated carbocycles. The fourth-order valence-electron chi connectivity index (χ4n) is 4.87. The van der Waals surface area contributed by atoms with Crippen LogP contribution in [0.5, 0.6) is 0 Å². The van der Waals surface area contributed by atoms with Gasteiger partial charge in [0.25, 0.3) is 5.91 Å². The molecule has 1 aliphatic heterocycles. The summed E-state index contributed by atoms with van der Waals surface area (Å²) in [5, 5.41) is 6.94. The third-order valence-corrected chi connectivity index (χ3v) is 6.22. The summed E-state index contributed by atoms with van der Waals surface area (Å²) >= 11 is 0. The molecule has 1 aromatic heterocycles. The van der Waals surface area contributed by atoms with E-state index in [1.165, 1.54) is 19.3 Å². The van der Waals surface area contributed by atoms with Crippen LogP contribution >= 0.6 is 0 Å². The topological polar surface area (TPSA) is 78.7 Å². The number of rotatable bonds is 3. The second-order valence-corrected chi connectivity index (χ2v) is 9.12. The molecule has 0 atom stereocenters. The van der Waals surface area contributed by atoms with Gasteiger partial charge in [-0.1, -0.05) is 38.3 Å². The molecule has 2 heterocycles. The molecule has 7 heteroatoms. The van der Waals surface area contributed by atoms with Crippen LogP contribution in [0, 0.1) is 12.8 Å². The van der Waals surface area contributed by atoms with Gasteiger partial charge in [-0.05, 0) is 32.1 Å². The highest BCUT2D eigenvalue weighted by molar-refractivity contribution is 5.92. The van der Waals surface area contributed by atoms with E-state index >= 15 is 0 Å². The van der Waals surface area contributed by atoms with E-state index in [-0.39, 0.29) is 17.4 Å². The van der Waals surface area contributed by atoms with Crippen molar-refractivity contribution in [2.45, 2.75) is 71.3 Å². The highest BCUT2D eigenvalue weighted by Crippen LogP contribution is 2.37. The number of carbonyl (C=O) groups is 2. The van der Waals surface area contributed by atoms with Crippen molar-refractivity contribution < 1.29 is 14.1 Å². The summed E-state index contributed by atoms with van der Waals surface area (Å²) in [6.07, 6.45) is 7.29. The Bertz CT molecular complexity index is 694. The van der Waals surface area contributed by atoms with Crippen LogP contribution in [0.1, 0.15) is 75.0 Å². The molecule has 2 fully saturated rings. The zero-order valence-electron chi connectivity index (χ0n) is 18.2. The predicted molar refractivity (Wildman–Crippen MR) is 112 cm³/mol. The fraction of sp³-hybridized carbons (Fsp3) is 0.773. The van der Waals surface area contributed by atoms with Crippen molar-refractivity contribution in [3.05, 3.63) is 17.5 Å². The fourth-order valence-corrected chi connectivity index (χ4v) is 4.87. The molecule has 0 bridgehead atoms. The van der Waals surface area contributed by atoms with Crippen molar-refractivity contribution in [2.75, 3.05) is 32.7 Å². The Labute approximate surface area is 174 Å². The Morgan fingerprint density at radius 1 is 1.21 bits per heavy atom. The summed E-state index contributed by atoms with van der Waals surface area (Å²) in [5.41, 5.74) is 0.307. The largest absolute Gasteiger partial charge is 0.361 e. The smallest absolute Gasteiger partial charge is 0.276 e. The maximum Gasteiger partial charge on any atom is 0.276 e. The summed E-state index contributed by atoms with van der Waals surface area (Å²) in [7, 11) is 0. The molecule has 3 rings (SSSR count). The zero-order valence-corrected chi connectivity index (χ0v) is 18.2. The van der Waals surface area contributed by atoms with Crippen LogP contribution < -0.4 is 5.32 Å². The van der Waals surface area contributed by atoms with Gasteiger partial charge in [-0.15, -0.1) is 0 Å². The molecule has 0 aromatic carbocycles. The highest BCUT2D eigenvalue weighted by Gasteiger charge is 2.40. The van der Waals surface area contributed by atoms with Crippen molar-refractivity contribution in [1.82, 2.24) is 20.3 Å². The molecular formula is C22H36N4O3. The molecule has 1 N–H and O–H groups in total. The van der Waals surface area contributed by atoms with Gasteiger partial charge in [0.05, 0.1) is 0 Å². The second kappa shape index (κ2) is 9.74. The van der Waals surface area contributed by atoms with Crippen molar-refractivity contribution in [3.8, 4) is 0 Å². The lowest BCUT2D eigenvalue weighted by molar-refractivity contribution is -0.125. The van der Waals surface area contributed by atoms with Crippen LogP contribution in [0.2, 0.25) is 0 Å². The SMILES string of the molecule is Cc1cc(C(=O)N2CCCN(CC(C)C)C3(CCCCC3)CC(=O)NCC2)no1. The number of aromatic nitrogens is 1. The number of nitrogens with zero attached hydrogens (tertiary/aromatic N) is 3. The molecule has 7 nitrogen and oxygen atoms in total. The third-order valence-electron chi connectivity index (χ3n) is 6.22. The lowest BCUT2D eigenvalue weighted by Crippen LogP contribution is -2.54. The van der Waals surface area contributed by atoms with Crippen LogP contribution in [0.4, 0.5) is 0 Å². The van der Waals surface area contributed by atoms with Gasteiger partial charge in [-0.3, -0.25) is 14.5 Å². The maximum absolute atomic E-state index is 12.9. The first kappa shape index (κ1) is 21.8. The van der Waals surface area contributed by atoms with E-state index in [1.54, 1.807) is 17.9 Å². The standard InChI is InChI=1S/C22H36N4O3/c1-17(2)16-26-12-7-11-25(21(28)19-14-18(3)29-24-19)13-10-23-20(27)15-22(26)8-5-4-6-9-22/h14,17H,4-13,15-16H2,1-3H3,(H,23,27). The maximum atomic E-state index is 12.9. The third kappa shape index (κ3) is 5.59. The lowest BCUT2D eigenvalue weighted by atomic mass is 9.77. The minimum absolute atomic E-state index is 0.0327. The highest BCUT2D eigenvalue weighted by atomic mass is 16.5. The number of aryl methyl sites for hydroxylation is 1. The van der Waals surface area contributed by atoms with Crippen molar-refractivity contribution in [3.63, 3.8) is 0 Å². The summed E-state index contributed by atoms with van der Waals surface area (Å²) in [6.45, 7) is 9.79. The predicted octanol–water partition coefficient (Wildman–Crippen LogP) is 3.00. The van der Waals surface area contributed by atoms with Gasteiger partial charge in [0.2, 0.25) is 5.91 Å². The van der Waals surface area contributed by atoms with E-state index < -0.39 is 0 Å². The molecule has 29 heavy (non-hydrogen) atoms. The van der Waals surface area contributed by atoms with Crippen molar-refractivity contribution in [1.29, 1.82) is 0 Å². The van der Waals surface area contributed by atoms with E-state index in [4.69, 9.17) is 4.52 Å².